The summed E-state index contributed by atoms with van der Waals surface area (Å²) in [5, 5.41) is 10.6. The maximum absolute atomic E-state index is 13.1. The van der Waals surface area contributed by atoms with Crippen molar-refractivity contribution in [3.05, 3.63) is 122 Å². The zero-order chi connectivity index (χ0) is 71.8. The topological polar surface area (TPSA) is 237 Å². The van der Waals surface area contributed by atoms with Gasteiger partial charge in [-0.3, -0.25) is 37.3 Å². The summed E-state index contributed by atoms with van der Waals surface area (Å²) in [6, 6.07) is 0. The molecule has 0 aromatic heterocycles. The van der Waals surface area contributed by atoms with Crippen molar-refractivity contribution in [2.45, 2.75) is 316 Å². The predicted molar refractivity (Wildman–Crippen MR) is 399 cm³/mol. The zero-order valence-electron chi connectivity index (χ0n) is 61.2. The highest BCUT2D eigenvalue weighted by molar-refractivity contribution is 7.47. The van der Waals surface area contributed by atoms with E-state index in [9.17, 15) is 43.2 Å². The molecular formula is C79H134O17P2. The first-order chi connectivity index (χ1) is 47.7. The normalized spacial score (nSPS) is 14.6. The first kappa shape index (κ1) is 93.5. The van der Waals surface area contributed by atoms with Crippen molar-refractivity contribution < 1.29 is 80.2 Å². The predicted octanol–water partition coefficient (Wildman–Crippen LogP) is 21.6. The fourth-order valence-corrected chi connectivity index (χ4v) is 11.2. The molecule has 0 rings (SSSR count). The second kappa shape index (κ2) is 70.9. The minimum atomic E-state index is -4.98. The molecule has 0 bridgehead atoms. The highest BCUT2D eigenvalue weighted by atomic mass is 31.2. The Labute approximate surface area is 593 Å². The van der Waals surface area contributed by atoms with Crippen LogP contribution in [-0.2, 0) is 65.4 Å². The number of phosphoric ester groups is 2. The number of unbranched alkanes of at least 4 members (excludes halogenated alkanes) is 24. The second-order valence-electron chi connectivity index (χ2n) is 24.8. The van der Waals surface area contributed by atoms with Crippen LogP contribution >= 0.6 is 15.6 Å². The van der Waals surface area contributed by atoms with Gasteiger partial charge in [0.05, 0.1) is 26.4 Å². The van der Waals surface area contributed by atoms with E-state index < -0.39 is 97.5 Å². The number of ether oxygens (including phenoxy) is 4. The largest absolute Gasteiger partial charge is 0.472 e. The third-order valence-electron chi connectivity index (χ3n) is 15.4. The number of carbonyl (C=O) groups is 4. The molecule has 0 heterocycles. The lowest BCUT2D eigenvalue weighted by Crippen LogP contribution is -2.30. The van der Waals surface area contributed by atoms with Crippen LogP contribution in [0.15, 0.2) is 122 Å². The van der Waals surface area contributed by atoms with E-state index in [1.165, 1.54) is 32.1 Å². The quantitative estimate of drug-likeness (QED) is 0.0169. The molecule has 562 valence electrons. The number of hydrogen-bond acceptors (Lipinski definition) is 15. The summed E-state index contributed by atoms with van der Waals surface area (Å²) >= 11 is 0. The number of carbonyl (C=O) groups excluding carboxylic acids is 4. The molecule has 0 saturated heterocycles. The maximum atomic E-state index is 13.1. The van der Waals surface area contributed by atoms with Gasteiger partial charge >= 0.3 is 39.5 Å². The lowest BCUT2D eigenvalue weighted by Gasteiger charge is -2.21. The van der Waals surface area contributed by atoms with Crippen LogP contribution in [0, 0.1) is 0 Å². The molecule has 19 heteroatoms. The Bertz CT molecular complexity index is 2340. The molecule has 5 atom stereocenters. The SMILES string of the molecule is CC/C=C\C/C=C\C/C=C\C/C=C\C/C=C\CCCCCC(=O)OCC(COP(=O)(O)OCC(O)COP(=O)(O)OCC(COC(=O)CCCCCCC/C=C\C/C=C\CCCCC)OC(=O)CCCCCCC/C=C\C/C=C\CCC)OC(=O)CCCCCCC/C=C\CCCC. The van der Waals surface area contributed by atoms with Crippen molar-refractivity contribution in [1.82, 2.24) is 0 Å². The van der Waals surface area contributed by atoms with Crippen LogP contribution in [0.1, 0.15) is 297 Å². The van der Waals surface area contributed by atoms with Crippen molar-refractivity contribution in [2.75, 3.05) is 39.6 Å². The summed E-state index contributed by atoms with van der Waals surface area (Å²) in [6.07, 6.45) is 76.3. The number of hydrogen-bond donors (Lipinski definition) is 3. The van der Waals surface area contributed by atoms with Crippen LogP contribution in [0.25, 0.3) is 0 Å². The van der Waals surface area contributed by atoms with Gasteiger partial charge in [0, 0.05) is 25.7 Å². The summed E-state index contributed by atoms with van der Waals surface area (Å²) in [5.41, 5.74) is 0. The van der Waals surface area contributed by atoms with E-state index >= 15 is 0 Å². The number of aliphatic hydroxyl groups is 1. The van der Waals surface area contributed by atoms with Crippen LogP contribution in [-0.4, -0.2) is 96.7 Å². The molecule has 17 nitrogen and oxygen atoms in total. The van der Waals surface area contributed by atoms with Crippen molar-refractivity contribution in [3.63, 3.8) is 0 Å². The first-order valence-electron chi connectivity index (χ1n) is 37.8. The first-order valence-corrected chi connectivity index (χ1v) is 40.8. The number of rotatable bonds is 70. The van der Waals surface area contributed by atoms with E-state index in [0.717, 1.165) is 186 Å². The fourth-order valence-electron chi connectivity index (χ4n) is 9.59. The average Bonchev–Trinajstić information content (AvgIpc) is 1.00. The van der Waals surface area contributed by atoms with Crippen molar-refractivity contribution in [1.29, 1.82) is 0 Å². The molecule has 5 unspecified atom stereocenters. The Kier molecular flexibility index (Phi) is 67.6. The summed E-state index contributed by atoms with van der Waals surface area (Å²) in [7, 11) is -9.97. The van der Waals surface area contributed by atoms with Gasteiger partial charge in [0.1, 0.15) is 19.3 Å². The van der Waals surface area contributed by atoms with Gasteiger partial charge < -0.3 is 33.8 Å². The summed E-state index contributed by atoms with van der Waals surface area (Å²) in [6.45, 7) is 4.54. The van der Waals surface area contributed by atoms with Gasteiger partial charge in [0.2, 0.25) is 0 Å². The van der Waals surface area contributed by atoms with Gasteiger partial charge in [0.25, 0.3) is 0 Å². The van der Waals surface area contributed by atoms with Gasteiger partial charge in [-0.1, -0.05) is 246 Å². The third-order valence-corrected chi connectivity index (χ3v) is 17.3. The van der Waals surface area contributed by atoms with E-state index in [4.69, 9.17) is 37.0 Å². The molecule has 0 fully saturated rings. The lowest BCUT2D eigenvalue weighted by atomic mass is 10.1. The van der Waals surface area contributed by atoms with E-state index in [2.05, 4.69) is 149 Å². The molecular weight excluding hydrogens is 1280 g/mol. The van der Waals surface area contributed by atoms with E-state index in [1.54, 1.807) is 0 Å². The minimum absolute atomic E-state index is 0.0733. The van der Waals surface area contributed by atoms with Crippen molar-refractivity contribution in [3.8, 4) is 0 Å². The van der Waals surface area contributed by atoms with Crippen LogP contribution in [0.4, 0.5) is 0 Å². The molecule has 3 N–H and O–H groups in total. The Morgan fingerprint density at radius 2 is 0.561 bits per heavy atom. The number of phosphoric acid groups is 2. The molecule has 0 aliphatic heterocycles. The Hall–Kier alpha value is -4.54. The number of esters is 4. The zero-order valence-corrected chi connectivity index (χ0v) is 63.0. The van der Waals surface area contributed by atoms with Crippen LogP contribution in [0.5, 0.6) is 0 Å². The van der Waals surface area contributed by atoms with Gasteiger partial charge in [-0.2, -0.15) is 0 Å². The Balaban J connectivity index is 5.36. The highest BCUT2D eigenvalue weighted by Crippen LogP contribution is 2.45. The summed E-state index contributed by atoms with van der Waals surface area (Å²) in [4.78, 5) is 72.8. The molecule has 0 saturated carbocycles. The van der Waals surface area contributed by atoms with E-state index in [1.807, 2.05) is 0 Å². The molecule has 0 aliphatic carbocycles. The number of allylic oxidation sites excluding steroid dienone is 20. The molecule has 98 heavy (non-hydrogen) atoms. The second-order valence-corrected chi connectivity index (χ2v) is 27.8. The van der Waals surface area contributed by atoms with Crippen LogP contribution in [0.2, 0.25) is 0 Å². The van der Waals surface area contributed by atoms with Gasteiger partial charge in [-0.15, -0.1) is 0 Å². The smallest absolute Gasteiger partial charge is 0.462 e. The minimum Gasteiger partial charge on any atom is -0.462 e. The standard InChI is InChI=1S/C79H134O17P2/c1-5-9-13-17-21-25-29-32-34-35-36-37-39-42-45-48-52-56-60-64-77(82)89-69-74(95-78(83)65-61-57-53-49-43-28-24-20-16-12-8-4)71-93-97(85,86)91-67-73(80)68-92-98(87,88)94-72-75(96-79(84)66-62-58-54-50-46-40-31-27-23-19-15-11-7-3)70-90-76(81)63-59-55-51-47-44-41-38-33-30-26-22-18-14-10-6-2/h9,13,15,19-22,24-27,31-34,36-38,42,45,73-75,80H,5-8,10-12,14,16-18,23,28-30,35,39-41,43-44,46-72H2,1-4H3,(H,85,86)(H,87,88)/b13-9-,19-15-,24-20-,25-21-,26-22-,31-27-,34-32-,37-36-,38-33-,45-42-. The molecule has 0 aromatic carbocycles. The molecule has 0 spiro atoms. The molecule has 0 aliphatic rings. The van der Waals surface area contributed by atoms with E-state index in [0.29, 0.717) is 25.7 Å². The molecule has 0 aromatic rings. The maximum Gasteiger partial charge on any atom is 0.472 e. The summed E-state index contributed by atoms with van der Waals surface area (Å²) in [5.74, 6) is -2.25. The third kappa shape index (κ3) is 69.9. The van der Waals surface area contributed by atoms with Crippen molar-refractivity contribution >= 4 is 39.5 Å². The van der Waals surface area contributed by atoms with Gasteiger partial charge in [-0.25, -0.2) is 9.13 Å². The van der Waals surface area contributed by atoms with Gasteiger partial charge in [0.15, 0.2) is 12.2 Å². The Morgan fingerprint density at radius 1 is 0.296 bits per heavy atom. The molecule has 0 amide bonds. The van der Waals surface area contributed by atoms with Crippen molar-refractivity contribution in [2.24, 2.45) is 0 Å². The monoisotopic (exact) mass is 1420 g/mol. The fraction of sp³-hybridized carbons (Fsp3) is 0.696. The van der Waals surface area contributed by atoms with Crippen LogP contribution < -0.4 is 0 Å². The molecule has 0 radical (unpaired) electrons. The highest BCUT2D eigenvalue weighted by Gasteiger charge is 2.30. The lowest BCUT2D eigenvalue weighted by molar-refractivity contribution is -0.161. The van der Waals surface area contributed by atoms with Crippen LogP contribution in [0.3, 0.4) is 0 Å². The number of aliphatic hydroxyl groups excluding tert-OH is 1. The summed E-state index contributed by atoms with van der Waals surface area (Å²) < 4.78 is 68.3. The Morgan fingerprint density at radius 3 is 0.908 bits per heavy atom. The average molecular weight is 1420 g/mol. The van der Waals surface area contributed by atoms with E-state index in [-0.39, 0.29) is 25.7 Å². The van der Waals surface area contributed by atoms with Gasteiger partial charge in [-0.05, 0) is 148 Å².